The van der Waals surface area contributed by atoms with Gasteiger partial charge in [-0.2, -0.15) is 5.10 Å². The van der Waals surface area contributed by atoms with Crippen LogP contribution in [0.4, 0.5) is 5.69 Å². The van der Waals surface area contributed by atoms with Crippen LogP contribution in [-0.2, 0) is 0 Å². The molecule has 0 aliphatic rings. The van der Waals surface area contributed by atoms with Crippen LogP contribution in [0.1, 0.15) is 5.56 Å². The predicted octanol–water partition coefficient (Wildman–Crippen LogP) is 0.451. The fourth-order valence-electron chi connectivity index (χ4n) is 1.37. The number of benzene rings is 1. The number of aromatic amines is 1. The summed E-state index contributed by atoms with van der Waals surface area (Å²) in [6, 6.07) is 5.36. The van der Waals surface area contributed by atoms with E-state index in [0.29, 0.717) is 5.69 Å². The number of anilines is 1. The highest BCUT2D eigenvalue weighted by Gasteiger charge is 2.03. The van der Waals surface area contributed by atoms with Gasteiger partial charge in [-0.05, 0) is 30.7 Å². The lowest BCUT2D eigenvalue weighted by atomic mass is 10.2. The quantitative estimate of drug-likeness (QED) is 0.641. The van der Waals surface area contributed by atoms with Gasteiger partial charge in [-0.25, -0.2) is 14.5 Å². The second-order valence-electron chi connectivity index (χ2n) is 3.08. The second-order valence-corrected chi connectivity index (χ2v) is 3.08. The fourth-order valence-corrected chi connectivity index (χ4v) is 1.37. The molecule has 5 nitrogen and oxygen atoms in total. The normalized spacial score (nSPS) is 10.4. The molecule has 2 rings (SSSR count). The minimum atomic E-state index is -0.252. The molecule has 1 heterocycles. The maximum atomic E-state index is 11.3. The summed E-state index contributed by atoms with van der Waals surface area (Å²) in [6.07, 6.45) is 1.45. The highest BCUT2D eigenvalue weighted by molar-refractivity contribution is 5.50. The molecule has 0 amide bonds. The van der Waals surface area contributed by atoms with Crippen LogP contribution in [0, 0.1) is 6.92 Å². The zero-order valence-corrected chi connectivity index (χ0v) is 7.69. The van der Waals surface area contributed by atoms with Crippen molar-refractivity contribution >= 4 is 5.69 Å². The SMILES string of the molecule is Cc1cc(N)ccc1-n1cn[nH]c1=O. The molecular weight excluding hydrogens is 180 g/mol. The van der Waals surface area contributed by atoms with Crippen LogP contribution >= 0.6 is 0 Å². The number of rotatable bonds is 1. The molecule has 0 atom stereocenters. The number of H-pyrrole nitrogens is 1. The lowest BCUT2D eigenvalue weighted by Crippen LogP contribution is -2.15. The van der Waals surface area contributed by atoms with E-state index in [2.05, 4.69) is 10.2 Å². The summed E-state index contributed by atoms with van der Waals surface area (Å²) in [7, 11) is 0. The van der Waals surface area contributed by atoms with E-state index < -0.39 is 0 Å². The van der Waals surface area contributed by atoms with E-state index in [9.17, 15) is 4.79 Å². The van der Waals surface area contributed by atoms with Crippen LogP contribution in [-0.4, -0.2) is 14.8 Å². The van der Waals surface area contributed by atoms with Crippen molar-refractivity contribution in [3.63, 3.8) is 0 Å². The third-order valence-electron chi connectivity index (χ3n) is 2.03. The number of aryl methyl sites for hydroxylation is 1. The first-order valence-electron chi connectivity index (χ1n) is 4.17. The van der Waals surface area contributed by atoms with Crippen LogP contribution in [0.3, 0.4) is 0 Å². The van der Waals surface area contributed by atoms with Gasteiger partial charge < -0.3 is 5.73 Å². The largest absolute Gasteiger partial charge is 0.399 e. The second kappa shape index (κ2) is 3.02. The third-order valence-corrected chi connectivity index (χ3v) is 2.03. The molecule has 0 fully saturated rings. The molecule has 0 radical (unpaired) electrons. The van der Waals surface area contributed by atoms with Gasteiger partial charge in [0.25, 0.3) is 0 Å². The smallest absolute Gasteiger partial charge is 0.347 e. The molecule has 5 heteroatoms. The first-order valence-corrected chi connectivity index (χ1v) is 4.17. The lowest BCUT2D eigenvalue weighted by Gasteiger charge is -2.05. The van der Waals surface area contributed by atoms with Crippen LogP contribution in [0.25, 0.3) is 5.69 Å². The number of hydrogen-bond acceptors (Lipinski definition) is 3. The van der Waals surface area contributed by atoms with Crippen molar-refractivity contribution in [3.05, 3.63) is 40.6 Å². The number of nitrogens with zero attached hydrogens (tertiary/aromatic N) is 2. The van der Waals surface area contributed by atoms with Gasteiger partial charge in [-0.3, -0.25) is 0 Å². The maximum Gasteiger partial charge on any atom is 0.347 e. The Balaban J connectivity index is 2.63. The van der Waals surface area contributed by atoms with E-state index in [-0.39, 0.29) is 5.69 Å². The van der Waals surface area contributed by atoms with E-state index in [4.69, 9.17) is 5.73 Å². The van der Waals surface area contributed by atoms with Gasteiger partial charge in [-0.1, -0.05) is 0 Å². The summed E-state index contributed by atoms with van der Waals surface area (Å²) >= 11 is 0. The number of aromatic nitrogens is 3. The zero-order valence-electron chi connectivity index (χ0n) is 7.69. The van der Waals surface area contributed by atoms with Gasteiger partial charge in [0.05, 0.1) is 5.69 Å². The van der Waals surface area contributed by atoms with E-state index in [1.165, 1.54) is 10.9 Å². The Labute approximate surface area is 80.2 Å². The average Bonchev–Trinajstić information content (AvgIpc) is 2.52. The Morgan fingerprint density at radius 2 is 2.29 bits per heavy atom. The number of nitrogens with one attached hydrogen (secondary N) is 1. The first-order chi connectivity index (χ1) is 6.68. The zero-order chi connectivity index (χ0) is 10.1. The topological polar surface area (TPSA) is 76.7 Å². The molecule has 3 N–H and O–H groups in total. The number of hydrogen-bond donors (Lipinski definition) is 2. The Morgan fingerprint density at radius 3 is 2.86 bits per heavy atom. The molecule has 0 unspecified atom stereocenters. The Bertz CT molecular complexity index is 512. The molecule has 0 spiro atoms. The van der Waals surface area contributed by atoms with Crippen molar-refractivity contribution < 1.29 is 0 Å². The summed E-state index contributed by atoms with van der Waals surface area (Å²) < 4.78 is 1.44. The van der Waals surface area contributed by atoms with E-state index >= 15 is 0 Å². The van der Waals surface area contributed by atoms with Gasteiger partial charge in [-0.15, -0.1) is 0 Å². The van der Waals surface area contributed by atoms with Gasteiger partial charge >= 0.3 is 5.69 Å². The van der Waals surface area contributed by atoms with Crippen molar-refractivity contribution in [2.75, 3.05) is 5.73 Å². The number of nitrogens with two attached hydrogens (primary N) is 1. The Kier molecular flexibility index (Phi) is 1.85. The van der Waals surface area contributed by atoms with E-state index in [1.807, 2.05) is 13.0 Å². The molecule has 2 aromatic rings. The van der Waals surface area contributed by atoms with Gasteiger partial charge in [0.2, 0.25) is 0 Å². The highest BCUT2D eigenvalue weighted by atomic mass is 16.1. The summed E-state index contributed by atoms with van der Waals surface area (Å²) in [5.41, 5.74) is 7.77. The molecule has 0 aliphatic heterocycles. The van der Waals surface area contributed by atoms with Gasteiger partial charge in [0.15, 0.2) is 0 Å². The monoisotopic (exact) mass is 190 g/mol. The highest BCUT2D eigenvalue weighted by Crippen LogP contribution is 2.14. The summed E-state index contributed by atoms with van der Waals surface area (Å²) in [5.74, 6) is 0. The van der Waals surface area contributed by atoms with Crippen molar-refractivity contribution in [3.8, 4) is 5.69 Å². The molecule has 0 bridgehead atoms. The Hall–Kier alpha value is -2.04. The third kappa shape index (κ3) is 1.28. The molecule has 14 heavy (non-hydrogen) atoms. The van der Waals surface area contributed by atoms with Gasteiger partial charge in [0.1, 0.15) is 6.33 Å². The summed E-state index contributed by atoms with van der Waals surface area (Å²) in [5, 5.41) is 5.99. The molecule has 0 aliphatic carbocycles. The molecule has 0 saturated carbocycles. The average molecular weight is 190 g/mol. The van der Waals surface area contributed by atoms with Crippen molar-refractivity contribution in [1.29, 1.82) is 0 Å². The van der Waals surface area contributed by atoms with Crippen LogP contribution < -0.4 is 11.4 Å². The lowest BCUT2D eigenvalue weighted by molar-refractivity contribution is 0.973. The standard InChI is InChI=1S/C9H10N4O/c1-6-4-7(10)2-3-8(6)13-5-11-12-9(13)14/h2-5H,10H2,1H3,(H,12,14). The van der Waals surface area contributed by atoms with Crippen LogP contribution in [0.2, 0.25) is 0 Å². The minimum absolute atomic E-state index is 0.252. The molecule has 72 valence electrons. The van der Waals surface area contributed by atoms with E-state index in [1.54, 1.807) is 12.1 Å². The summed E-state index contributed by atoms with van der Waals surface area (Å²) in [6.45, 7) is 1.89. The maximum absolute atomic E-state index is 11.3. The first kappa shape index (κ1) is 8.55. The molecule has 0 saturated heterocycles. The predicted molar refractivity (Wildman–Crippen MR) is 53.3 cm³/mol. The Morgan fingerprint density at radius 1 is 1.50 bits per heavy atom. The molecule has 1 aromatic carbocycles. The summed E-state index contributed by atoms with van der Waals surface area (Å²) in [4.78, 5) is 11.3. The van der Waals surface area contributed by atoms with Crippen LogP contribution in [0.15, 0.2) is 29.3 Å². The molecule has 1 aromatic heterocycles. The van der Waals surface area contributed by atoms with Crippen molar-refractivity contribution in [2.45, 2.75) is 6.92 Å². The van der Waals surface area contributed by atoms with Crippen LogP contribution in [0.5, 0.6) is 0 Å². The molecular formula is C9H10N4O. The van der Waals surface area contributed by atoms with Crippen molar-refractivity contribution in [2.24, 2.45) is 0 Å². The number of nitrogen functional groups attached to an aromatic ring is 1. The minimum Gasteiger partial charge on any atom is -0.399 e. The fraction of sp³-hybridized carbons (Fsp3) is 0.111. The van der Waals surface area contributed by atoms with Crippen molar-refractivity contribution in [1.82, 2.24) is 14.8 Å². The van der Waals surface area contributed by atoms with Gasteiger partial charge in [0, 0.05) is 5.69 Å². The van der Waals surface area contributed by atoms with E-state index in [0.717, 1.165) is 11.3 Å².